The van der Waals surface area contributed by atoms with Gasteiger partial charge in [0.1, 0.15) is 5.69 Å². The van der Waals surface area contributed by atoms with Crippen molar-refractivity contribution in [3.8, 4) is 16.9 Å². The smallest absolute Gasteiger partial charge is 0.255 e. The number of sulfone groups is 1. The predicted octanol–water partition coefficient (Wildman–Crippen LogP) is 2.46. The molecular weight excluding hydrogens is 362 g/mol. The molecule has 0 bridgehead atoms. The second kappa shape index (κ2) is 7.00. The van der Waals surface area contributed by atoms with E-state index in [0.717, 1.165) is 11.3 Å². The van der Waals surface area contributed by atoms with E-state index in [-0.39, 0.29) is 23.5 Å². The Morgan fingerprint density at radius 2 is 1.70 bits per heavy atom. The van der Waals surface area contributed by atoms with Gasteiger partial charge in [0.15, 0.2) is 9.84 Å². The molecule has 4 rings (SSSR count). The Hall–Kier alpha value is -2.93. The van der Waals surface area contributed by atoms with Crippen molar-refractivity contribution < 1.29 is 13.2 Å². The molecule has 2 aromatic carbocycles. The Morgan fingerprint density at radius 3 is 2.33 bits per heavy atom. The molecule has 1 aromatic heterocycles. The summed E-state index contributed by atoms with van der Waals surface area (Å²) >= 11 is 0. The van der Waals surface area contributed by atoms with Gasteiger partial charge in [-0.25, -0.2) is 13.1 Å². The molecule has 1 fully saturated rings. The molecule has 27 heavy (non-hydrogen) atoms. The van der Waals surface area contributed by atoms with Crippen molar-refractivity contribution in [2.75, 3.05) is 11.5 Å². The minimum absolute atomic E-state index is 0.00771. The van der Waals surface area contributed by atoms with Gasteiger partial charge >= 0.3 is 0 Å². The van der Waals surface area contributed by atoms with Gasteiger partial charge < -0.3 is 5.32 Å². The van der Waals surface area contributed by atoms with Crippen LogP contribution in [0.25, 0.3) is 16.9 Å². The third-order valence-electron chi connectivity index (χ3n) is 4.59. The Balaban J connectivity index is 1.70. The first-order chi connectivity index (χ1) is 13.0. The molecule has 0 aliphatic carbocycles. The minimum Gasteiger partial charge on any atom is -0.348 e. The van der Waals surface area contributed by atoms with Crippen molar-refractivity contribution in [2.45, 2.75) is 12.5 Å². The standard InChI is InChI=1S/C20H19N3O3S/c24-20(21-16-11-12-27(25,26)14-16)18-13-23(17-9-5-2-6-10-17)22-19(18)15-7-3-1-4-8-15/h1-10,13,16H,11-12,14H2,(H,21,24). The van der Waals surface area contributed by atoms with E-state index >= 15 is 0 Å². The van der Waals surface area contributed by atoms with Gasteiger partial charge in [0, 0.05) is 17.8 Å². The van der Waals surface area contributed by atoms with Crippen LogP contribution in [0.5, 0.6) is 0 Å². The molecule has 0 radical (unpaired) electrons. The van der Waals surface area contributed by atoms with E-state index in [1.807, 2.05) is 60.7 Å². The summed E-state index contributed by atoms with van der Waals surface area (Å²) in [7, 11) is -3.06. The van der Waals surface area contributed by atoms with Crippen molar-refractivity contribution in [1.29, 1.82) is 0 Å². The summed E-state index contributed by atoms with van der Waals surface area (Å²) in [6.07, 6.45) is 2.14. The highest BCUT2D eigenvalue weighted by Gasteiger charge is 2.30. The van der Waals surface area contributed by atoms with E-state index in [9.17, 15) is 13.2 Å². The summed E-state index contributed by atoms with van der Waals surface area (Å²) in [4.78, 5) is 12.9. The van der Waals surface area contributed by atoms with E-state index in [1.165, 1.54) is 0 Å². The number of nitrogens with one attached hydrogen (secondary N) is 1. The topological polar surface area (TPSA) is 81.1 Å². The van der Waals surface area contributed by atoms with Gasteiger partial charge in [-0.05, 0) is 18.6 Å². The third kappa shape index (κ3) is 3.78. The zero-order chi connectivity index (χ0) is 18.9. The first kappa shape index (κ1) is 17.5. The number of nitrogens with zero attached hydrogens (tertiary/aromatic N) is 2. The third-order valence-corrected chi connectivity index (χ3v) is 6.36. The van der Waals surface area contributed by atoms with Crippen LogP contribution in [-0.2, 0) is 9.84 Å². The van der Waals surface area contributed by atoms with Crippen molar-refractivity contribution in [2.24, 2.45) is 0 Å². The molecule has 0 saturated carbocycles. The highest BCUT2D eigenvalue weighted by Crippen LogP contribution is 2.24. The van der Waals surface area contributed by atoms with E-state index in [0.29, 0.717) is 17.7 Å². The summed E-state index contributed by atoms with van der Waals surface area (Å²) in [6.45, 7) is 0. The van der Waals surface area contributed by atoms with Crippen LogP contribution in [0.4, 0.5) is 0 Å². The number of hydrogen-bond donors (Lipinski definition) is 1. The van der Waals surface area contributed by atoms with Crippen molar-refractivity contribution >= 4 is 15.7 Å². The molecule has 7 heteroatoms. The maximum atomic E-state index is 12.9. The largest absolute Gasteiger partial charge is 0.348 e. The normalized spacial score (nSPS) is 18.3. The number of carbonyl (C=O) groups excluding carboxylic acids is 1. The summed E-state index contributed by atoms with van der Waals surface area (Å²) in [5.74, 6) is -0.197. The number of amides is 1. The van der Waals surface area contributed by atoms with E-state index in [1.54, 1.807) is 10.9 Å². The van der Waals surface area contributed by atoms with Crippen LogP contribution in [0.2, 0.25) is 0 Å². The molecule has 1 saturated heterocycles. The number of rotatable bonds is 4. The summed E-state index contributed by atoms with van der Waals surface area (Å²) < 4.78 is 25.0. The Kier molecular flexibility index (Phi) is 4.53. The quantitative estimate of drug-likeness (QED) is 0.753. The van der Waals surface area contributed by atoms with Gasteiger partial charge in [0.25, 0.3) is 5.91 Å². The van der Waals surface area contributed by atoms with Crippen LogP contribution in [-0.4, -0.2) is 41.7 Å². The first-order valence-electron chi connectivity index (χ1n) is 8.74. The molecule has 1 aliphatic heterocycles. The average molecular weight is 381 g/mol. The van der Waals surface area contributed by atoms with Gasteiger partial charge in [-0.3, -0.25) is 4.79 Å². The molecule has 3 aromatic rings. The maximum absolute atomic E-state index is 12.9. The summed E-state index contributed by atoms with van der Waals surface area (Å²) in [5.41, 5.74) is 2.67. The molecule has 1 atom stereocenters. The van der Waals surface area contributed by atoms with Gasteiger partial charge in [0.05, 0.1) is 22.8 Å². The van der Waals surface area contributed by atoms with Crippen LogP contribution < -0.4 is 5.32 Å². The maximum Gasteiger partial charge on any atom is 0.255 e. The fourth-order valence-electron chi connectivity index (χ4n) is 3.23. The fraction of sp³-hybridized carbons (Fsp3) is 0.200. The van der Waals surface area contributed by atoms with Crippen LogP contribution in [0, 0.1) is 0 Å². The lowest BCUT2D eigenvalue weighted by Crippen LogP contribution is -2.35. The fourth-order valence-corrected chi connectivity index (χ4v) is 4.91. The predicted molar refractivity (Wildman–Crippen MR) is 104 cm³/mol. The summed E-state index contributed by atoms with van der Waals surface area (Å²) in [5, 5.41) is 7.47. The lowest BCUT2D eigenvalue weighted by molar-refractivity contribution is 0.0942. The number of aromatic nitrogens is 2. The molecule has 0 spiro atoms. The number of para-hydroxylation sites is 1. The first-order valence-corrected chi connectivity index (χ1v) is 10.6. The van der Waals surface area contributed by atoms with E-state index in [4.69, 9.17) is 0 Å². The van der Waals surface area contributed by atoms with Crippen LogP contribution in [0.1, 0.15) is 16.8 Å². The Morgan fingerprint density at radius 1 is 1.04 bits per heavy atom. The minimum atomic E-state index is -3.06. The monoisotopic (exact) mass is 381 g/mol. The van der Waals surface area contributed by atoms with Gasteiger partial charge in [-0.2, -0.15) is 5.10 Å². The molecule has 1 amide bonds. The molecular formula is C20H19N3O3S. The lowest BCUT2D eigenvalue weighted by Gasteiger charge is -2.10. The van der Waals surface area contributed by atoms with Crippen molar-refractivity contribution in [1.82, 2.24) is 15.1 Å². The van der Waals surface area contributed by atoms with E-state index < -0.39 is 9.84 Å². The number of hydrogen-bond acceptors (Lipinski definition) is 4. The van der Waals surface area contributed by atoms with Gasteiger partial charge in [-0.15, -0.1) is 0 Å². The van der Waals surface area contributed by atoms with Crippen molar-refractivity contribution in [3.05, 3.63) is 72.4 Å². The lowest BCUT2D eigenvalue weighted by atomic mass is 10.1. The second-order valence-electron chi connectivity index (χ2n) is 6.61. The zero-order valence-corrected chi connectivity index (χ0v) is 15.4. The van der Waals surface area contributed by atoms with Crippen LogP contribution in [0.15, 0.2) is 66.9 Å². The molecule has 1 N–H and O–H groups in total. The van der Waals surface area contributed by atoms with Crippen LogP contribution in [0.3, 0.4) is 0 Å². The zero-order valence-electron chi connectivity index (χ0n) is 14.6. The van der Waals surface area contributed by atoms with E-state index in [2.05, 4.69) is 10.4 Å². The summed E-state index contributed by atoms with van der Waals surface area (Å²) in [6, 6.07) is 18.7. The number of carbonyl (C=O) groups is 1. The molecule has 138 valence electrons. The molecule has 1 aliphatic rings. The second-order valence-corrected chi connectivity index (χ2v) is 8.84. The molecule has 2 heterocycles. The highest BCUT2D eigenvalue weighted by molar-refractivity contribution is 7.91. The van der Waals surface area contributed by atoms with Gasteiger partial charge in [0.2, 0.25) is 0 Å². The average Bonchev–Trinajstić information content (AvgIpc) is 3.27. The molecule has 6 nitrogen and oxygen atoms in total. The Bertz CT molecular complexity index is 1060. The highest BCUT2D eigenvalue weighted by atomic mass is 32.2. The van der Waals surface area contributed by atoms with Crippen LogP contribution >= 0.6 is 0 Å². The van der Waals surface area contributed by atoms with Gasteiger partial charge in [-0.1, -0.05) is 48.5 Å². The Labute approximate surface area is 157 Å². The SMILES string of the molecule is O=C(NC1CCS(=O)(=O)C1)c1cn(-c2ccccc2)nc1-c1ccccc1. The van der Waals surface area contributed by atoms with Crippen molar-refractivity contribution in [3.63, 3.8) is 0 Å². The molecule has 1 unspecified atom stereocenters. The number of benzene rings is 2.